The molecule has 3 heterocycles. The summed E-state index contributed by atoms with van der Waals surface area (Å²) in [5.74, 6) is -0.00725. The van der Waals surface area contributed by atoms with Gasteiger partial charge in [0.15, 0.2) is 5.13 Å². The number of likely N-dealkylation sites (tertiary alicyclic amines) is 1. The molecule has 140 valence electrons. The third-order valence-electron chi connectivity index (χ3n) is 4.90. The van der Waals surface area contributed by atoms with Gasteiger partial charge in [-0.15, -0.1) is 11.3 Å². The Morgan fingerprint density at radius 3 is 2.96 bits per heavy atom. The number of thiazole rings is 1. The van der Waals surface area contributed by atoms with E-state index in [-0.39, 0.29) is 5.91 Å². The first-order valence-corrected chi connectivity index (χ1v) is 10.1. The van der Waals surface area contributed by atoms with Crippen LogP contribution in [0.25, 0.3) is 11.3 Å². The molecule has 1 unspecified atom stereocenters. The predicted octanol–water partition coefficient (Wildman–Crippen LogP) is 3.42. The first-order chi connectivity index (χ1) is 13.2. The molecule has 7 heteroatoms. The molecule has 1 atom stereocenters. The largest absolute Gasteiger partial charge is 0.301 e. The first kappa shape index (κ1) is 17.9. The van der Waals surface area contributed by atoms with Gasteiger partial charge in [-0.2, -0.15) is 5.10 Å². The highest BCUT2D eigenvalue weighted by atomic mass is 32.1. The Hall–Kier alpha value is -2.51. The summed E-state index contributed by atoms with van der Waals surface area (Å²) < 4.78 is 1.94. The fourth-order valence-corrected chi connectivity index (χ4v) is 4.20. The summed E-state index contributed by atoms with van der Waals surface area (Å²) in [5, 5.41) is 9.87. The van der Waals surface area contributed by atoms with E-state index in [1.807, 2.05) is 22.3 Å². The smallest absolute Gasteiger partial charge is 0.240 e. The highest BCUT2D eigenvalue weighted by Gasteiger charge is 2.26. The Bertz CT molecular complexity index is 888. The van der Waals surface area contributed by atoms with Crippen molar-refractivity contribution in [1.29, 1.82) is 0 Å². The molecule has 1 aliphatic rings. The van der Waals surface area contributed by atoms with Gasteiger partial charge in [-0.05, 0) is 32.4 Å². The zero-order valence-corrected chi connectivity index (χ0v) is 16.2. The Morgan fingerprint density at radius 1 is 1.33 bits per heavy atom. The molecule has 4 rings (SSSR count). The fourth-order valence-electron chi connectivity index (χ4n) is 3.47. The molecule has 1 fully saturated rings. The van der Waals surface area contributed by atoms with Gasteiger partial charge in [-0.3, -0.25) is 14.4 Å². The van der Waals surface area contributed by atoms with E-state index in [0.717, 1.165) is 37.2 Å². The van der Waals surface area contributed by atoms with Crippen molar-refractivity contribution in [3.63, 3.8) is 0 Å². The number of rotatable bonds is 6. The minimum Gasteiger partial charge on any atom is -0.301 e. The summed E-state index contributed by atoms with van der Waals surface area (Å²) in [6.07, 6.45) is 5.98. The van der Waals surface area contributed by atoms with Crippen molar-refractivity contribution >= 4 is 22.4 Å². The van der Waals surface area contributed by atoms with Gasteiger partial charge in [0.25, 0.3) is 0 Å². The molecule has 1 saturated heterocycles. The minimum absolute atomic E-state index is 0.00725. The maximum absolute atomic E-state index is 12.5. The molecule has 6 nitrogen and oxygen atoms in total. The molecule has 1 amide bonds. The summed E-state index contributed by atoms with van der Waals surface area (Å²) in [6, 6.07) is 10.5. The van der Waals surface area contributed by atoms with E-state index in [9.17, 15) is 4.79 Å². The maximum atomic E-state index is 12.5. The highest BCUT2D eigenvalue weighted by Crippen LogP contribution is 2.25. The van der Waals surface area contributed by atoms with E-state index in [2.05, 4.69) is 51.5 Å². The van der Waals surface area contributed by atoms with Crippen LogP contribution in [0.1, 0.15) is 18.4 Å². The molecule has 0 aliphatic carbocycles. The van der Waals surface area contributed by atoms with Crippen LogP contribution in [0.15, 0.2) is 48.1 Å². The average molecular weight is 382 g/mol. The molecule has 1 aliphatic heterocycles. The monoisotopic (exact) mass is 381 g/mol. The molecular formula is C20H23N5OS. The lowest BCUT2D eigenvalue weighted by atomic mass is 10.1. The summed E-state index contributed by atoms with van der Waals surface area (Å²) >= 11 is 1.46. The van der Waals surface area contributed by atoms with Crippen molar-refractivity contribution in [3.8, 4) is 11.3 Å². The average Bonchev–Trinajstić information content (AvgIpc) is 3.40. The topological polar surface area (TPSA) is 63.1 Å². The van der Waals surface area contributed by atoms with Crippen LogP contribution >= 0.6 is 11.3 Å². The summed E-state index contributed by atoms with van der Waals surface area (Å²) in [7, 11) is 0. The molecule has 2 aromatic heterocycles. The van der Waals surface area contributed by atoms with Crippen LogP contribution in [-0.2, 0) is 11.3 Å². The summed E-state index contributed by atoms with van der Waals surface area (Å²) in [4.78, 5) is 19.3. The van der Waals surface area contributed by atoms with Crippen molar-refractivity contribution in [3.05, 3.63) is 53.7 Å². The lowest BCUT2D eigenvalue weighted by Crippen LogP contribution is -2.39. The molecule has 27 heavy (non-hydrogen) atoms. The Labute approximate surface area is 162 Å². The number of nitrogens with zero attached hydrogens (tertiary/aromatic N) is 4. The second-order valence-corrected chi connectivity index (χ2v) is 7.80. The van der Waals surface area contributed by atoms with Crippen LogP contribution in [-0.4, -0.2) is 44.7 Å². The van der Waals surface area contributed by atoms with Gasteiger partial charge in [0.2, 0.25) is 5.91 Å². The van der Waals surface area contributed by atoms with E-state index < -0.39 is 0 Å². The lowest BCUT2D eigenvalue weighted by molar-refractivity contribution is -0.117. The van der Waals surface area contributed by atoms with Crippen molar-refractivity contribution in [2.24, 2.45) is 0 Å². The molecular weight excluding hydrogens is 358 g/mol. The second-order valence-electron chi connectivity index (χ2n) is 6.95. The van der Waals surface area contributed by atoms with E-state index in [1.165, 1.54) is 16.9 Å². The third-order valence-corrected chi connectivity index (χ3v) is 5.66. The van der Waals surface area contributed by atoms with Crippen molar-refractivity contribution in [1.82, 2.24) is 19.7 Å². The third kappa shape index (κ3) is 4.43. The van der Waals surface area contributed by atoms with Crippen LogP contribution in [0.2, 0.25) is 0 Å². The van der Waals surface area contributed by atoms with Gasteiger partial charge < -0.3 is 5.32 Å². The van der Waals surface area contributed by atoms with Gasteiger partial charge in [0, 0.05) is 29.4 Å². The highest BCUT2D eigenvalue weighted by molar-refractivity contribution is 7.14. The Kier molecular flexibility index (Phi) is 5.31. The van der Waals surface area contributed by atoms with Crippen LogP contribution < -0.4 is 5.32 Å². The second kappa shape index (κ2) is 8.02. The van der Waals surface area contributed by atoms with Gasteiger partial charge in [-0.25, -0.2) is 4.98 Å². The molecule has 3 aromatic rings. The molecule has 0 bridgehead atoms. The molecule has 0 spiro atoms. The molecule has 0 radical (unpaired) electrons. The van der Waals surface area contributed by atoms with Gasteiger partial charge >= 0.3 is 0 Å². The van der Waals surface area contributed by atoms with Gasteiger partial charge in [-0.1, -0.05) is 29.8 Å². The van der Waals surface area contributed by atoms with Crippen LogP contribution in [0.3, 0.4) is 0 Å². The van der Waals surface area contributed by atoms with Crippen molar-refractivity contribution in [2.75, 3.05) is 18.4 Å². The van der Waals surface area contributed by atoms with Crippen LogP contribution in [0, 0.1) is 6.92 Å². The number of amides is 1. The Balaban J connectivity index is 1.34. The van der Waals surface area contributed by atoms with Gasteiger partial charge in [0.1, 0.15) is 0 Å². The normalized spacial score (nSPS) is 17.3. The minimum atomic E-state index is -0.00725. The van der Waals surface area contributed by atoms with E-state index >= 15 is 0 Å². The Morgan fingerprint density at radius 2 is 2.19 bits per heavy atom. The maximum Gasteiger partial charge on any atom is 0.240 e. The number of carbonyl (C=O) groups excluding carboxylic acids is 1. The van der Waals surface area contributed by atoms with Gasteiger partial charge in [0.05, 0.1) is 18.8 Å². The number of hydrogen-bond donors (Lipinski definition) is 1. The lowest BCUT2D eigenvalue weighted by Gasteiger charge is -2.23. The van der Waals surface area contributed by atoms with E-state index in [0.29, 0.717) is 17.7 Å². The molecule has 0 saturated carbocycles. The number of hydrogen-bond acceptors (Lipinski definition) is 5. The zero-order valence-electron chi connectivity index (χ0n) is 15.3. The standard InChI is InChI=1S/C20H23N5OS/c1-15-5-7-16(8-6-15)18-14-27-20(22-18)23-19(26)13-24-10-2-4-17(24)12-25-11-3-9-21-25/h3,5-9,11,14,17H,2,4,10,12-13H2,1H3,(H,22,23,26). The first-order valence-electron chi connectivity index (χ1n) is 9.21. The predicted molar refractivity (Wildman–Crippen MR) is 108 cm³/mol. The fraction of sp³-hybridized carbons (Fsp3) is 0.350. The number of carbonyl (C=O) groups is 1. The summed E-state index contributed by atoms with van der Waals surface area (Å²) in [5.41, 5.74) is 3.18. The zero-order chi connectivity index (χ0) is 18.6. The quantitative estimate of drug-likeness (QED) is 0.711. The number of aromatic nitrogens is 3. The van der Waals surface area contributed by atoms with Crippen LogP contribution in [0.4, 0.5) is 5.13 Å². The number of nitrogens with one attached hydrogen (secondary N) is 1. The van der Waals surface area contributed by atoms with Crippen molar-refractivity contribution in [2.45, 2.75) is 32.4 Å². The number of anilines is 1. The number of benzene rings is 1. The van der Waals surface area contributed by atoms with E-state index in [4.69, 9.17) is 0 Å². The summed E-state index contributed by atoms with van der Waals surface area (Å²) in [6.45, 7) is 4.24. The molecule has 1 aromatic carbocycles. The van der Waals surface area contributed by atoms with Crippen LogP contribution in [0.5, 0.6) is 0 Å². The molecule has 1 N–H and O–H groups in total. The SMILES string of the molecule is Cc1ccc(-c2csc(NC(=O)CN3CCCC3Cn3cccn3)n2)cc1. The number of aryl methyl sites for hydroxylation is 1. The van der Waals surface area contributed by atoms with Crippen molar-refractivity contribution < 1.29 is 4.79 Å². The van der Waals surface area contributed by atoms with E-state index in [1.54, 1.807) is 6.20 Å².